The minimum Gasteiger partial charge on any atom is -0.469 e. The van der Waals surface area contributed by atoms with E-state index >= 15 is 0 Å². The van der Waals surface area contributed by atoms with Crippen molar-refractivity contribution in [3.63, 3.8) is 0 Å². The molecule has 2 N–H and O–H groups in total. The molecular weight excluding hydrogens is 154 g/mol. The smallest absolute Gasteiger partial charge is 0.305 e. The Morgan fingerprint density at radius 1 is 1.75 bits per heavy atom. The number of hydrogen-bond donors (Lipinski definition) is 1. The first-order valence-electron chi connectivity index (χ1n) is 4.47. The maximum Gasteiger partial charge on any atom is 0.305 e. The van der Waals surface area contributed by atoms with Gasteiger partial charge in [0.15, 0.2) is 0 Å². The van der Waals surface area contributed by atoms with Crippen molar-refractivity contribution < 1.29 is 9.53 Å². The Balaban J connectivity index is 2.10. The van der Waals surface area contributed by atoms with Crippen LogP contribution in [0.1, 0.15) is 26.2 Å². The second-order valence-electron chi connectivity index (χ2n) is 3.66. The zero-order valence-electron chi connectivity index (χ0n) is 7.75. The number of ether oxygens (including phenoxy) is 1. The number of methoxy groups -OCH3 is 1. The molecule has 0 amide bonds. The van der Waals surface area contributed by atoms with Gasteiger partial charge < -0.3 is 10.5 Å². The Morgan fingerprint density at radius 2 is 2.33 bits per heavy atom. The minimum absolute atomic E-state index is 0.154. The molecule has 0 bridgehead atoms. The van der Waals surface area contributed by atoms with Gasteiger partial charge in [-0.25, -0.2) is 0 Å². The first-order chi connectivity index (χ1) is 5.65. The van der Waals surface area contributed by atoms with E-state index in [0.29, 0.717) is 12.3 Å². The van der Waals surface area contributed by atoms with Gasteiger partial charge in [0, 0.05) is 12.5 Å². The van der Waals surface area contributed by atoms with E-state index in [4.69, 9.17) is 5.73 Å². The number of rotatable bonds is 4. The fourth-order valence-corrected chi connectivity index (χ4v) is 1.55. The maximum atomic E-state index is 10.8. The van der Waals surface area contributed by atoms with Crippen LogP contribution in [0, 0.1) is 11.8 Å². The molecule has 0 spiro atoms. The second kappa shape index (κ2) is 3.90. The molecule has 12 heavy (non-hydrogen) atoms. The lowest BCUT2D eigenvalue weighted by Crippen LogP contribution is -2.24. The Bertz CT molecular complexity index is 170. The molecule has 1 rings (SSSR count). The summed E-state index contributed by atoms with van der Waals surface area (Å²) in [5.41, 5.74) is 5.86. The third kappa shape index (κ3) is 2.48. The average molecular weight is 171 g/mol. The van der Waals surface area contributed by atoms with Crippen molar-refractivity contribution >= 4 is 5.97 Å². The number of carbonyl (C=O) groups is 1. The predicted molar refractivity (Wildman–Crippen MR) is 46.5 cm³/mol. The summed E-state index contributed by atoms with van der Waals surface area (Å²) in [6, 6.07) is 0.194. The van der Waals surface area contributed by atoms with Crippen LogP contribution in [0.15, 0.2) is 0 Å². The fourth-order valence-electron chi connectivity index (χ4n) is 1.55. The zero-order chi connectivity index (χ0) is 9.14. The summed E-state index contributed by atoms with van der Waals surface area (Å²) in [5, 5.41) is 0. The predicted octanol–water partition coefficient (Wildman–Crippen LogP) is 0.923. The van der Waals surface area contributed by atoms with Crippen LogP contribution in [-0.4, -0.2) is 19.1 Å². The lowest BCUT2D eigenvalue weighted by atomic mass is 10.1. The van der Waals surface area contributed by atoms with Crippen LogP contribution in [-0.2, 0) is 9.53 Å². The summed E-state index contributed by atoms with van der Waals surface area (Å²) >= 11 is 0. The van der Waals surface area contributed by atoms with Crippen LogP contribution in [0.2, 0.25) is 0 Å². The average Bonchev–Trinajstić information content (AvgIpc) is 2.77. The fraction of sp³-hybridized carbons (Fsp3) is 0.889. The molecule has 0 aliphatic heterocycles. The van der Waals surface area contributed by atoms with Gasteiger partial charge in [0.25, 0.3) is 0 Å². The Labute approximate surface area is 73.3 Å². The van der Waals surface area contributed by atoms with Crippen molar-refractivity contribution in [1.82, 2.24) is 0 Å². The maximum absolute atomic E-state index is 10.8. The van der Waals surface area contributed by atoms with E-state index in [1.807, 2.05) is 0 Å². The van der Waals surface area contributed by atoms with E-state index in [2.05, 4.69) is 11.7 Å². The van der Waals surface area contributed by atoms with Gasteiger partial charge in [-0.05, 0) is 24.7 Å². The van der Waals surface area contributed by atoms with Gasteiger partial charge in [-0.15, -0.1) is 0 Å². The summed E-state index contributed by atoms with van der Waals surface area (Å²) in [6.07, 6.45) is 2.45. The Morgan fingerprint density at radius 3 is 2.75 bits per heavy atom. The number of esters is 1. The SMILES string of the molecule is COC(=O)CCC(N)C1CC1C. The molecule has 3 unspecified atom stereocenters. The van der Waals surface area contributed by atoms with E-state index in [1.165, 1.54) is 13.5 Å². The molecule has 0 saturated heterocycles. The molecular formula is C9H17NO2. The topological polar surface area (TPSA) is 52.3 Å². The first kappa shape index (κ1) is 9.52. The van der Waals surface area contributed by atoms with E-state index in [9.17, 15) is 4.79 Å². The van der Waals surface area contributed by atoms with Crippen LogP contribution >= 0.6 is 0 Å². The molecule has 70 valence electrons. The van der Waals surface area contributed by atoms with Crippen molar-refractivity contribution in [1.29, 1.82) is 0 Å². The monoisotopic (exact) mass is 171 g/mol. The van der Waals surface area contributed by atoms with Crippen LogP contribution in [0.3, 0.4) is 0 Å². The summed E-state index contributed by atoms with van der Waals surface area (Å²) in [6.45, 7) is 2.20. The van der Waals surface area contributed by atoms with Crippen molar-refractivity contribution in [2.75, 3.05) is 7.11 Å². The molecule has 1 fully saturated rings. The normalized spacial score (nSPS) is 29.6. The molecule has 0 aromatic heterocycles. The molecule has 3 nitrogen and oxygen atoms in total. The van der Waals surface area contributed by atoms with E-state index in [1.54, 1.807) is 0 Å². The van der Waals surface area contributed by atoms with Gasteiger partial charge >= 0.3 is 5.97 Å². The quantitative estimate of drug-likeness (QED) is 0.640. The third-order valence-electron chi connectivity index (χ3n) is 2.63. The third-order valence-corrected chi connectivity index (χ3v) is 2.63. The molecule has 1 aliphatic rings. The number of hydrogen-bond acceptors (Lipinski definition) is 3. The minimum atomic E-state index is -0.154. The van der Waals surface area contributed by atoms with Gasteiger partial charge in [-0.3, -0.25) is 4.79 Å². The summed E-state index contributed by atoms with van der Waals surface area (Å²) < 4.78 is 4.53. The highest BCUT2D eigenvalue weighted by Gasteiger charge is 2.37. The molecule has 0 heterocycles. The van der Waals surface area contributed by atoms with Crippen LogP contribution in [0.5, 0.6) is 0 Å². The van der Waals surface area contributed by atoms with Crippen LogP contribution in [0.4, 0.5) is 0 Å². The van der Waals surface area contributed by atoms with Gasteiger partial charge in [0.1, 0.15) is 0 Å². The Hall–Kier alpha value is -0.570. The number of carbonyl (C=O) groups excluding carboxylic acids is 1. The van der Waals surface area contributed by atoms with Crippen molar-refractivity contribution in [3.8, 4) is 0 Å². The molecule has 1 aliphatic carbocycles. The summed E-state index contributed by atoms with van der Waals surface area (Å²) in [7, 11) is 1.41. The van der Waals surface area contributed by atoms with Crippen molar-refractivity contribution in [2.45, 2.75) is 32.2 Å². The van der Waals surface area contributed by atoms with Crippen molar-refractivity contribution in [3.05, 3.63) is 0 Å². The highest BCUT2D eigenvalue weighted by Crippen LogP contribution is 2.40. The van der Waals surface area contributed by atoms with Gasteiger partial charge in [0.05, 0.1) is 7.11 Å². The standard InChI is InChI=1S/C9H17NO2/c1-6-5-7(6)8(10)3-4-9(11)12-2/h6-8H,3-5,10H2,1-2H3. The highest BCUT2D eigenvalue weighted by atomic mass is 16.5. The van der Waals surface area contributed by atoms with Gasteiger partial charge in [-0.1, -0.05) is 6.92 Å². The second-order valence-corrected chi connectivity index (χ2v) is 3.66. The molecule has 3 atom stereocenters. The summed E-state index contributed by atoms with van der Waals surface area (Å²) in [4.78, 5) is 10.8. The van der Waals surface area contributed by atoms with E-state index < -0.39 is 0 Å². The Kier molecular flexibility index (Phi) is 3.09. The largest absolute Gasteiger partial charge is 0.469 e. The first-order valence-corrected chi connectivity index (χ1v) is 4.47. The lowest BCUT2D eigenvalue weighted by molar-refractivity contribution is -0.140. The molecule has 0 aromatic carbocycles. The number of nitrogens with two attached hydrogens (primary N) is 1. The molecule has 0 radical (unpaired) electrons. The highest BCUT2D eigenvalue weighted by molar-refractivity contribution is 5.69. The summed E-state index contributed by atoms with van der Waals surface area (Å²) in [5.74, 6) is 1.26. The molecule has 3 heteroatoms. The van der Waals surface area contributed by atoms with Gasteiger partial charge in [-0.2, -0.15) is 0 Å². The molecule has 0 aromatic rings. The zero-order valence-corrected chi connectivity index (χ0v) is 7.75. The van der Waals surface area contributed by atoms with Crippen LogP contribution in [0.25, 0.3) is 0 Å². The molecule has 1 saturated carbocycles. The van der Waals surface area contributed by atoms with Gasteiger partial charge in [0.2, 0.25) is 0 Å². The van der Waals surface area contributed by atoms with E-state index in [0.717, 1.165) is 12.3 Å². The van der Waals surface area contributed by atoms with Crippen LogP contribution < -0.4 is 5.73 Å². The van der Waals surface area contributed by atoms with Crippen molar-refractivity contribution in [2.24, 2.45) is 17.6 Å². The van der Waals surface area contributed by atoms with E-state index in [-0.39, 0.29) is 12.0 Å². The lowest BCUT2D eigenvalue weighted by Gasteiger charge is -2.08.